The van der Waals surface area contributed by atoms with Crippen LogP contribution in [0.3, 0.4) is 0 Å². The molecule has 30 heavy (non-hydrogen) atoms. The Labute approximate surface area is 175 Å². The van der Waals surface area contributed by atoms with Gasteiger partial charge in [-0.3, -0.25) is 9.69 Å². The third-order valence-corrected chi connectivity index (χ3v) is 5.99. The number of nitrogens with one attached hydrogen (secondary N) is 1. The molecule has 0 aromatic heterocycles. The Morgan fingerprint density at radius 1 is 1.07 bits per heavy atom. The van der Waals surface area contributed by atoms with Crippen LogP contribution in [0, 0.1) is 5.82 Å². The molecule has 1 heterocycles. The van der Waals surface area contributed by atoms with E-state index in [4.69, 9.17) is 4.74 Å². The number of aliphatic hydroxyl groups excluding tert-OH is 2. The van der Waals surface area contributed by atoms with E-state index in [0.717, 1.165) is 0 Å². The third kappa shape index (κ3) is 4.64. The van der Waals surface area contributed by atoms with E-state index in [9.17, 15) is 19.4 Å². The Morgan fingerprint density at radius 2 is 1.80 bits per heavy atom. The smallest absolute Gasteiger partial charge is 0.251 e. The average Bonchev–Trinajstić information content (AvgIpc) is 3.04. The Bertz CT molecular complexity index is 857. The quantitative estimate of drug-likeness (QED) is 0.697. The first kappa shape index (κ1) is 20.8. The second-order valence-corrected chi connectivity index (χ2v) is 8.04. The van der Waals surface area contributed by atoms with Gasteiger partial charge in [-0.25, -0.2) is 4.39 Å². The molecule has 2 aromatic rings. The predicted molar refractivity (Wildman–Crippen MR) is 110 cm³/mol. The second kappa shape index (κ2) is 9.12. The Kier molecular flexibility index (Phi) is 6.32. The minimum Gasteiger partial charge on any atom is -0.487 e. The van der Waals surface area contributed by atoms with Crippen molar-refractivity contribution in [3.63, 3.8) is 0 Å². The summed E-state index contributed by atoms with van der Waals surface area (Å²) in [6, 6.07) is 14.1. The van der Waals surface area contributed by atoms with Gasteiger partial charge in [-0.1, -0.05) is 24.3 Å². The van der Waals surface area contributed by atoms with Gasteiger partial charge in [0.15, 0.2) is 0 Å². The van der Waals surface area contributed by atoms with E-state index in [1.807, 2.05) is 6.07 Å². The lowest BCUT2D eigenvalue weighted by molar-refractivity contribution is -0.0145. The second-order valence-electron chi connectivity index (χ2n) is 8.04. The molecule has 4 rings (SSSR count). The molecule has 0 spiro atoms. The molecule has 3 N–H and O–H groups in total. The number of likely N-dealkylation sites (tertiary alicyclic amines) is 1. The molecule has 0 bridgehead atoms. The number of hydrogen-bond acceptors (Lipinski definition) is 5. The normalized spacial score (nSPS) is 27.7. The van der Waals surface area contributed by atoms with Crippen molar-refractivity contribution in [1.82, 2.24) is 10.2 Å². The molecule has 6 nitrogen and oxygen atoms in total. The Hall–Kier alpha value is -2.48. The minimum atomic E-state index is -0.857. The maximum absolute atomic E-state index is 13.5. The van der Waals surface area contributed by atoms with Crippen LogP contribution in [0.1, 0.15) is 29.6 Å². The summed E-state index contributed by atoms with van der Waals surface area (Å²) in [5.41, 5.74) is 0.550. The number of hydrogen-bond donors (Lipinski definition) is 3. The fourth-order valence-electron chi connectivity index (χ4n) is 4.46. The standard InChI is InChI=1S/C23H27FN2O4/c24-16-7-4-8-18(13-16)30-20-14-19(25-23(29)15-5-2-1-3-6-15)21(22(20)28)26-11-9-17(27)10-12-26/h1-8,13,17,19-22,27-28H,9-12,14H2,(H,25,29)/t19-,20-,21+,22+/m1/s1. The molecule has 0 radical (unpaired) electrons. The van der Waals surface area contributed by atoms with E-state index in [-0.39, 0.29) is 24.1 Å². The number of benzene rings is 2. The van der Waals surface area contributed by atoms with Gasteiger partial charge in [0.2, 0.25) is 0 Å². The van der Waals surface area contributed by atoms with Crippen molar-refractivity contribution in [1.29, 1.82) is 0 Å². The molecular weight excluding hydrogens is 387 g/mol. The lowest BCUT2D eigenvalue weighted by atomic mass is 10.0. The van der Waals surface area contributed by atoms with Gasteiger partial charge in [0.05, 0.1) is 18.2 Å². The number of piperidine rings is 1. The van der Waals surface area contributed by atoms with Crippen molar-refractivity contribution in [2.75, 3.05) is 13.1 Å². The Morgan fingerprint density at radius 3 is 2.50 bits per heavy atom. The molecule has 1 aliphatic heterocycles. The minimum absolute atomic E-state index is 0.207. The summed E-state index contributed by atoms with van der Waals surface area (Å²) in [6.07, 6.45) is -0.124. The Balaban J connectivity index is 1.52. The van der Waals surface area contributed by atoms with Crippen LogP contribution in [0.5, 0.6) is 5.75 Å². The van der Waals surface area contributed by atoms with Crippen LogP contribution >= 0.6 is 0 Å². The zero-order valence-corrected chi connectivity index (χ0v) is 16.7. The molecule has 2 fully saturated rings. The first-order chi connectivity index (χ1) is 14.5. The SMILES string of the molecule is O=C(N[C@@H]1C[C@@H](Oc2cccc(F)c2)[C@H](O)[C@H]1N1CCC(O)CC1)c1ccccc1. The number of amides is 1. The molecule has 160 valence electrons. The number of rotatable bonds is 5. The van der Waals surface area contributed by atoms with Crippen LogP contribution < -0.4 is 10.1 Å². The molecule has 2 aromatic carbocycles. The molecule has 7 heteroatoms. The molecule has 4 atom stereocenters. The van der Waals surface area contributed by atoms with Gasteiger partial charge in [0.25, 0.3) is 5.91 Å². The lowest BCUT2D eigenvalue weighted by Crippen LogP contribution is -2.55. The van der Waals surface area contributed by atoms with Crippen molar-refractivity contribution >= 4 is 5.91 Å². The van der Waals surface area contributed by atoms with Crippen molar-refractivity contribution < 1.29 is 24.1 Å². The molecule has 1 saturated heterocycles. The van der Waals surface area contributed by atoms with Crippen molar-refractivity contribution in [3.05, 3.63) is 66.0 Å². The van der Waals surface area contributed by atoms with Gasteiger partial charge in [-0.15, -0.1) is 0 Å². The number of ether oxygens (including phenoxy) is 1. The van der Waals surface area contributed by atoms with Crippen molar-refractivity contribution in [3.8, 4) is 5.75 Å². The van der Waals surface area contributed by atoms with Gasteiger partial charge >= 0.3 is 0 Å². The number of aliphatic hydroxyl groups is 2. The highest BCUT2D eigenvalue weighted by Gasteiger charge is 2.48. The van der Waals surface area contributed by atoms with E-state index >= 15 is 0 Å². The van der Waals surface area contributed by atoms with Crippen LogP contribution in [-0.2, 0) is 0 Å². The van der Waals surface area contributed by atoms with Gasteiger partial charge in [-0.2, -0.15) is 0 Å². The lowest BCUT2D eigenvalue weighted by Gasteiger charge is -2.38. The highest BCUT2D eigenvalue weighted by molar-refractivity contribution is 5.94. The van der Waals surface area contributed by atoms with E-state index in [1.165, 1.54) is 12.1 Å². The fourth-order valence-corrected chi connectivity index (χ4v) is 4.46. The first-order valence-corrected chi connectivity index (χ1v) is 10.4. The number of carbonyl (C=O) groups is 1. The van der Waals surface area contributed by atoms with Gasteiger partial charge in [-0.05, 0) is 37.1 Å². The maximum Gasteiger partial charge on any atom is 0.251 e. The van der Waals surface area contributed by atoms with Crippen LogP contribution in [0.2, 0.25) is 0 Å². The van der Waals surface area contributed by atoms with Gasteiger partial charge in [0.1, 0.15) is 23.8 Å². The average molecular weight is 414 g/mol. The van der Waals surface area contributed by atoms with E-state index < -0.39 is 18.0 Å². The van der Waals surface area contributed by atoms with E-state index in [1.54, 1.807) is 36.4 Å². The van der Waals surface area contributed by atoms with Crippen molar-refractivity contribution in [2.45, 2.75) is 49.7 Å². The molecule has 0 unspecified atom stereocenters. The van der Waals surface area contributed by atoms with Crippen LogP contribution in [0.15, 0.2) is 54.6 Å². The largest absolute Gasteiger partial charge is 0.487 e. The summed E-state index contributed by atoms with van der Waals surface area (Å²) in [6.45, 7) is 1.26. The first-order valence-electron chi connectivity index (χ1n) is 10.4. The summed E-state index contributed by atoms with van der Waals surface area (Å²) < 4.78 is 19.5. The molecule has 1 amide bonds. The zero-order valence-electron chi connectivity index (χ0n) is 16.7. The van der Waals surface area contributed by atoms with Crippen LogP contribution in [0.25, 0.3) is 0 Å². The fraction of sp³-hybridized carbons (Fsp3) is 0.435. The van der Waals surface area contributed by atoms with E-state index in [2.05, 4.69) is 10.2 Å². The number of carbonyl (C=O) groups excluding carboxylic acids is 1. The monoisotopic (exact) mass is 414 g/mol. The highest BCUT2D eigenvalue weighted by atomic mass is 19.1. The highest BCUT2D eigenvalue weighted by Crippen LogP contribution is 2.31. The van der Waals surface area contributed by atoms with Crippen LogP contribution in [-0.4, -0.2) is 64.5 Å². The summed E-state index contributed by atoms with van der Waals surface area (Å²) >= 11 is 0. The third-order valence-electron chi connectivity index (χ3n) is 5.99. The topological polar surface area (TPSA) is 82.0 Å². The predicted octanol–water partition coefficient (Wildman–Crippen LogP) is 1.96. The summed E-state index contributed by atoms with van der Waals surface area (Å²) in [5, 5.41) is 24.0. The molecule has 1 aliphatic carbocycles. The maximum atomic E-state index is 13.5. The summed E-state index contributed by atoms with van der Waals surface area (Å²) in [4.78, 5) is 14.9. The number of halogens is 1. The zero-order chi connectivity index (χ0) is 21.1. The summed E-state index contributed by atoms with van der Waals surface area (Å²) in [7, 11) is 0. The van der Waals surface area contributed by atoms with E-state index in [0.29, 0.717) is 43.7 Å². The number of nitrogens with zero attached hydrogens (tertiary/aromatic N) is 1. The summed E-state index contributed by atoms with van der Waals surface area (Å²) in [5.74, 6) is -0.265. The molecule has 1 saturated carbocycles. The van der Waals surface area contributed by atoms with Gasteiger partial charge in [0, 0.05) is 31.1 Å². The van der Waals surface area contributed by atoms with Crippen LogP contribution in [0.4, 0.5) is 4.39 Å². The molecule has 2 aliphatic rings. The molecular formula is C23H27FN2O4. The van der Waals surface area contributed by atoms with Gasteiger partial charge < -0.3 is 20.3 Å². The van der Waals surface area contributed by atoms with Crippen molar-refractivity contribution in [2.24, 2.45) is 0 Å².